The number of thiophene rings is 1. The summed E-state index contributed by atoms with van der Waals surface area (Å²) >= 11 is 2.61. The minimum absolute atomic E-state index is 0.00279. The number of aromatic hydroxyl groups is 2. The standard InChI is InChI=1S/C37H46N4O8S2/c1-24-19-27(22-50-24)33(44)41-16-18-48-37(23-41)10-13-39(14-11-37)15-17-47-28-7-5-26(30(43)20-28)21-40(35(46)49-36(2,3)4)12-9-25-6-8-29(42)31-32(25)51-34(45)38-31/h5-8,19-20,22,42-43H,9-18,21,23H2,1-4H3,(H,38,45). The Balaban J connectivity index is 1.01. The van der Waals surface area contributed by atoms with Crippen LogP contribution in [-0.2, 0) is 22.4 Å². The van der Waals surface area contributed by atoms with Crippen molar-refractivity contribution in [2.45, 2.75) is 64.7 Å². The highest BCUT2D eigenvalue weighted by Crippen LogP contribution is 2.32. The number of morpholine rings is 1. The molecule has 0 radical (unpaired) electrons. The van der Waals surface area contributed by atoms with E-state index in [0.29, 0.717) is 60.8 Å². The van der Waals surface area contributed by atoms with Crippen LogP contribution >= 0.6 is 22.7 Å². The first-order valence-corrected chi connectivity index (χ1v) is 18.9. The first-order valence-electron chi connectivity index (χ1n) is 17.2. The van der Waals surface area contributed by atoms with Gasteiger partial charge in [0.05, 0.1) is 35.6 Å². The average Bonchev–Trinajstić information content (AvgIpc) is 3.70. The summed E-state index contributed by atoms with van der Waals surface area (Å²) in [5.41, 5.74) is 1.45. The fraction of sp³-hybridized carbons (Fsp3) is 0.486. The molecule has 6 rings (SSSR count). The Morgan fingerprint density at radius 3 is 2.53 bits per heavy atom. The number of H-pyrrole nitrogens is 1. The van der Waals surface area contributed by atoms with Gasteiger partial charge in [0.1, 0.15) is 35.0 Å². The molecule has 51 heavy (non-hydrogen) atoms. The highest BCUT2D eigenvalue weighted by Gasteiger charge is 2.41. The van der Waals surface area contributed by atoms with Gasteiger partial charge in [0.2, 0.25) is 0 Å². The van der Waals surface area contributed by atoms with Gasteiger partial charge in [-0.3, -0.25) is 14.5 Å². The lowest BCUT2D eigenvalue weighted by Crippen LogP contribution is -2.58. The quantitative estimate of drug-likeness (QED) is 0.186. The van der Waals surface area contributed by atoms with Gasteiger partial charge >= 0.3 is 11.0 Å². The van der Waals surface area contributed by atoms with Crippen molar-refractivity contribution in [3.63, 3.8) is 0 Å². The third kappa shape index (κ3) is 9.04. The molecule has 0 bridgehead atoms. The summed E-state index contributed by atoms with van der Waals surface area (Å²) in [7, 11) is 0. The van der Waals surface area contributed by atoms with Gasteiger partial charge in [-0.1, -0.05) is 17.4 Å². The number of aryl methyl sites for hydroxylation is 1. The normalized spacial score (nSPS) is 16.4. The van der Waals surface area contributed by atoms with Gasteiger partial charge in [-0.15, -0.1) is 11.3 Å². The number of fused-ring (bicyclic) bond motifs is 1. The van der Waals surface area contributed by atoms with Gasteiger partial charge in [-0.25, -0.2) is 4.79 Å². The maximum atomic E-state index is 13.3. The molecule has 2 saturated heterocycles. The number of hydrogen-bond donors (Lipinski definition) is 3. The van der Waals surface area contributed by atoms with Crippen LogP contribution in [0, 0.1) is 6.92 Å². The molecular formula is C37H46N4O8S2. The van der Waals surface area contributed by atoms with Crippen LogP contribution in [0.15, 0.2) is 46.6 Å². The number of likely N-dealkylation sites (tertiary alicyclic amines) is 1. The summed E-state index contributed by atoms with van der Waals surface area (Å²) in [4.78, 5) is 47.6. The van der Waals surface area contributed by atoms with Crippen LogP contribution in [0.3, 0.4) is 0 Å². The van der Waals surface area contributed by atoms with Crippen LogP contribution < -0.4 is 9.61 Å². The Morgan fingerprint density at radius 2 is 1.82 bits per heavy atom. The number of piperidine rings is 1. The number of rotatable bonds is 10. The summed E-state index contributed by atoms with van der Waals surface area (Å²) in [5.74, 6) is 0.601. The van der Waals surface area contributed by atoms with Crippen molar-refractivity contribution in [2.75, 3.05) is 52.5 Å². The molecule has 4 aromatic rings. The zero-order chi connectivity index (χ0) is 36.3. The molecule has 3 N–H and O–H groups in total. The molecule has 0 atom stereocenters. The third-order valence-electron chi connectivity index (χ3n) is 9.32. The highest BCUT2D eigenvalue weighted by atomic mass is 32.1. The Hall–Kier alpha value is -4.11. The van der Waals surface area contributed by atoms with Crippen LogP contribution in [0.4, 0.5) is 4.79 Å². The van der Waals surface area contributed by atoms with Gasteiger partial charge in [0.15, 0.2) is 0 Å². The lowest BCUT2D eigenvalue weighted by molar-refractivity contribution is -0.127. The summed E-state index contributed by atoms with van der Waals surface area (Å²) in [5, 5.41) is 23.1. The van der Waals surface area contributed by atoms with E-state index in [-0.39, 0.29) is 41.0 Å². The van der Waals surface area contributed by atoms with Crippen LogP contribution in [0.2, 0.25) is 0 Å². The maximum absolute atomic E-state index is 13.3. The first kappa shape index (κ1) is 36.7. The molecule has 4 heterocycles. The van der Waals surface area contributed by atoms with Crippen molar-refractivity contribution in [1.82, 2.24) is 19.7 Å². The van der Waals surface area contributed by atoms with E-state index in [9.17, 15) is 24.6 Å². The van der Waals surface area contributed by atoms with Crippen LogP contribution in [-0.4, -0.2) is 106 Å². The van der Waals surface area contributed by atoms with Gasteiger partial charge in [0.25, 0.3) is 5.91 Å². The molecule has 0 aliphatic carbocycles. The third-order valence-corrected chi connectivity index (χ3v) is 11.1. The van der Waals surface area contributed by atoms with E-state index in [4.69, 9.17) is 14.2 Å². The molecular weight excluding hydrogens is 693 g/mol. The number of ether oxygens (including phenoxy) is 3. The number of nitrogens with one attached hydrogen (secondary N) is 1. The second-order valence-corrected chi connectivity index (χ2v) is 16.4. The number of thiazole rings is 1. The van der Waals surface area contributed by atoms with Crippen molar-refractivity contribution in [2.24, 2.45) is 0 Å². The number of benzene rings is 2. The maximum Gasteiger partial charge on any atom is 0.410 e. The summed E-state index contributed by atoms with van der Waals surface area (Å²) in [6, 6.07) is 10.3. The van der Waals surface area contributed by atoms with Crippen LogP contribution in [0.5, 0.6) is 17.2 Å². The number of hydrogen-bond acceptors (Lipinski definition) is 11. The minimum Gasteiger partial charge on any atom is -0.507 e. The lowest BCUT2D eigenvalue weighted by atomic mass is 9.89. The number of carbonyl (C=O) groups excluding carboxylic acids is 2. The van der Waals surface area contributed by atoms with Gasteiger partial charge in [0, 0.05) is 54.6 Å². The van der Waals surface area contributed by atoms with E-state index in [1.54, 1.807) is 56.4 Å². The van der Waals surface area contributed by atoms with Crippen LogP contribution in [0.25, 0.3) is 10.2 Å². The second kappa shape index (κ2) is 15.2. The van der Waals surface area contributed by atoms with Gasteiger partial charge < -0.3 is 39.2 Å². The molecule has 2 aliphatic rings. The van der Waals surface area contributed by atoms with Crippen molar-refractivity contribution in [3.05, 3.63) is 73.0 Å². The predicted molar refractivity (Wildman–Crippen MR) is 197 cm³/mol. The van der Waals surface area contributed by atoms with E-state index in [1.807, 2.05) is 23.3 Å². The molecule has 0 unspecified atom stereocenters. The van der Waals surface area contributed by atoms with Crippen molar-refractivity contribution in [1.29, 1.82) is 0 Å². The Kier molecular flexibility index (Phi) is 11.0. The number of aromatic nitrogens is 1. The Labute approximate surface area is 305 Å². The van der Waals surface area contributed by atoms with E-state index in [0.717, 1.165) is 53.3 Å². The molecule has 2 aliphatic heterocycles. The Morgan fingerprint density at radius 1 is 1.06 bits per heavy atom. The molecule has 2 aromatic carbocycles. The number of aromatic amines is 1. The topological polar surface area (TPSA) is 145 Å². The molecule has 1 spiro atoms. The fourth-order valence-corrected chi connectivity index (χ4v) is 8.17. The summed E-state index contributed by atoms with van der Waals surface area (Å²) in [6.07, 6.45) is 1.55. The van der Waals surface area contributed by atoms with Crippen molar-refractivity contribution in [3.8, 4) is 17.2 Å². The van der Waals surface area contributed by atoms with E-state index in [2.05, 4.69) is 9.88 Å². The SMILES string of the molecule is Cc1cc(C(=O)N2CCOC3(CCN(CCOc4ccc(CN(CCc5ccc(O)c6[nH]c(=O)sc56)C(=O)OC(C)(C)C)c(O)c4)CC3)C2)cs1. The number of carbonyl (C=O) groups is 2. The summed E-state index contributed by atoms with van der Waals surface area (Å²) < 4.78 is 18.6. The Bertz CT molecular complexity index is 1920. The van der Waals surface area contributed by atoms with Gasteiger partial charge in [-0.05, 0) is 76.8 Å². The molecule has 12 nitrogen and oxygen atoms in total. The number of phenols is 2. The second-order valence-electron chi connectivity index (χ2n) is 14.3. The molecule has 14 heteroatoms. The largest absolute Gasteiger partial charge is 0.507 e. The molecule has 2 aromatic heterocycles. The molecule has 2 amide bonds. The molecule has 274 valence electrons. The van der Waals surface area contributed by atoms with E-state index in [1.165, 1.54) is 11.0 Å². The molecule has 0 saturated carbocycles. The number of amides is 2. The minimum atomic E-state index is -0.720. The molecule has 2 fully saturated rings. The fourth-order valence-electron chi connectivity index (χ4n) is 6.60. The smallest absolute Gasteiger partial charge is 0.410 e. The predicted octanol–water partition coefficient (Wildman–Crippen LogP) is 5.74. The average molecular weight is 739 g/mol. The number of nitrogens with zero attached hydrogens (tertiary/aromatic N) is 3. The van der Waals surface area contributed by atoms with E-state index >= 15 is 0 Å². The lowest BCUT2D eigenvalue weighted by Gasteiger charge is -2.47. The van der Waals surface area contributed by atoms with Crippen LogP contribution in [0.1, 0.15) is 60.0 Å². The monoisotopic (exact) mass is 738 g/mol. The van der Waals surface area contributed by atoms with E-state index < -0.39 is 11.7 Å². The highest BCUT2D eigenvalue weighted by molar-refractivity contribution is 7.16. The van der Waals surface area contributed by atoms with Gasteiger partial charge in [-0.2, -0.15) is 0 Å². The number of phenolic OH excluding ortho intramolecular Hbond substituents is 2. The zero-order valence-electron chi connectivity index (χ0n) is 29.5. The first-order chi connectivity index (χ1) is 24.3. The zero-order valence-corrected chi connectivity index (χ0v) is 31.2. The van der Waals surface area contributed by atoms with Crippen molar-refractivity contribution < 1.29 is 34.0 Å². The summed E-state index contributed by atoms with van der Waals surface area (Å²) in [6.45, 7) is 12.3. The van der Waals surface area contributed by atoms with Crippen molar-refractivity contribution >= 4 is 44.9 Å².